The number of carboxylic acids is 1. The lowest BCUT2D eigenvalue weighted by Crippen LogP contribution is -2.31. The van der Waals surface area contributed by atoms with E-state index in [1.54, 1.807) is 6.07 Å². The third-order valence-electron chi connectivity index (χ3n) is 4.89. The van der Waals surface area contributed by atoms with Crippen LogP contribution < -0.4 is 5.56 Å². The number of nitrogens with zero attached hydrogens (tertiary/aromatic N) is 1. The highest BCUT2D eigenvalue weighted by atomic mass is 16.4. The number of carboxylic acid groups (broad SMARTS) is 1. The van der Waals surface area contributed by atoms with Crippen LogP contribution in [0.4, 0.5) is 0 Å². The zero-order chi connectivity index (χ0) is 21.0. The van der Waals surface area contributed by atoms with E-state index in [1.165, 1.54) is 4.90 Å². The van der Waals surface area contributed by atoms with Gasteiger partial charge in [-0.1, -0.05) is 42.5 Å². The quantitative estimate of drug-likeness (QED) is 0.632. The number of rotatable bonds is 6. The molecule has 0 bridgehead atoms. The molecule has 0 radical (unpaired) electrons. The van der Waals surface area contributed by atoms with E-state index < -0.39 is 11.9 Å². The van der Waals surface area contributed by atoms with E-state index in [0.29, 0.717) is 5.56 Å². The lowest BCUT2D eigenvalue weighted by molar-refractivity contribution is -0.132. The van der Waals surface area contributed by atoms with Gasteiger partial charge < -0.3 is 15.0 Å². The summed E-state index contributed by atoms with van der Waals surface area (Å²) >= 11 is 0. The van der Waals surface area contributed by atoms with Gasteiger partial charge in [0.1, 0.15) is 0 Å². The minimum absolute atomic E-state index is 0.0654. The SMILES string of the molecule is Cc1ccc2cc(CN(Cc3ccccc3)C(=O)C=CC(=O)O)c(=O)[nH]c2c1C. The van der Waals surface area contributed by atoms with Crippen LogP contribution >= 0.6 is 0 Å². The number of benzene rings is 2. The van der Waals surface area contributed by atoms with Crippen molar-refractivity contribution in [3.05, 3.63) is 93.3 Å². The third kappa shape index (κ3) is 4.79. The van der Waals surface area contributed by atoms with Crippen LogP contribution in [0.25, 0.3) is 10.9 Å². The van der Waals surface area contributed by atoms with E-state index in [-0.39, 0.29) is 18.6 Å². The van der Waals surface area contributed by atoms with Crippen molar-refractivity contribution in [3.8, 4) is 0 Å². The summed E-state index contributed by atoms with van der Waals surface area (Å²) in [5.41, 5.74) is 3.93. The summed E-state index contributed by atoms with van der Waals surface area (Å²) in [5.74, 6) is -1.68. The minimum Gasteiger partial charge on any atom is -0.478 e. The number of fused-ring (bicyclic) bond motifs is 1. The second kappa shape index (κ2) is 8.56. The number of carbonyl (C=O) groups is 2. The summed E-state index contributed by atoms with van der Waals surface area (Å²) in [4.78, 5) is 40.4. The summed E-state index contributed by atoms with van der Waals surface area (Å²) in [7, 11) is 0. The number of pyridine rings is 1. The van der Waals surface area contributed by atoms with Gasteiger partial charge in [0.15, 0.2) is 0 Å². The molecule has 6 nitrogen and oxygen atoms in total. The Labute approximate surface area is 168 Å². The fourth-order valence-electron chi connectivity index (χ4n) is 3.16. The first kappa shape index (κ1) is 20.1. The maximum Gasteiger partial charge on any atom is 0.328 e. The molecule has 2 N–H and O–H groups in total. The molecule has 0 atom stereocenters. The zero-order valence-corrected chi connectivity index (χ0v) is 16.3. The molecule has 0 aliphatic rings. The number of nitrogens with one attached hydrogen (secondary N) is 1. The number of carbonyl (C=O) groups excluding carboxylic acids is 1. The Morgan fingerprint density at radius 2 is 1.76 bits per heavy atom. The molecule has 1 amide bonds. The van der Waals surface area contributed by atoms with E-state index in [9.17, 15) is 14.4 Å². The fourth-order valence-corrected chi connectivity index (χ4v) is 3.16. The Morgan fingerprint density at radius 1 is 1.03 bits per heavy atom. The number of H-pyrrole nitrogens is 1. The molecule has 6 heteroatoms. The van der Waals surface area contributed by atoms with Crippen LogP contribution in [0.3, 0.4) is 0 Å². The molecule has 2 aromatic carbocycles. The van der Waals surface area contributed by atoms with Crippen LogP contribution in [-0.2, 0) is 22.7 Å². The Morgan fingerprint density at radius 3 is 2.45 bits per heavy atom. The molecule has 29 heavy (non-hydrogen) atoms. The number of hydrogen-bond donors (Lipinski definition) is 2. The molecule has 0 fully saturated rings. The van der Waals surface area contributed by atoms with Crippen LogP contribution in [-0.4, -0.2) is 26.9 Å². The molecule has 0 spiro atoms. The molecular formula is C23H22N2O4. The van der Waals surface area contributed by atoms with Gasteiger partial charge in [0.2, 0.25) is 5.91 Å². The van der Waals surface area contributed by atoms with Gasteiger partial charge >= 0.3 is 5.97 Å². The van der Waals surface area contributed by atoms with Gasteiger partial charge in [0.05, 0.1) is 12.1 Å². The first-order valence-electron chi connectivity index (χ1n) is 9.21. The van der Waals surface area contributed by atoms with Crippen LogP contribution in [0, 0.1) is 13.8 Å². The predicted molar refractivity (Wildman–Crippen MR) is 112 cm³/mol. The van der Waals surface area contributed by atoms with Crippen molar-refractivity contribution >= 4 is 22.8 Å². The Kier molecular flexibility index (Phi) is 5.93. The summed E-state index contributed by atoms with van der Waals surface area (Å²) in [5, 5.41) is 9.71. The van der Waals surface area contributed by atoms with Crippen LogP contribution in [0.1, 0.15) is 22.3 Å². The third-order valence-corrected chi connectivity index (χ3v) is 4.89. The Balaban J connectivity index is 1.97. The van der Waals surface area contributed by atoms with Gasteiger partial charge in [0.25, 0.3) is 5.56 Å². The van der Waals surface area contributed by atoms with E-state index >= 15 is 0 Å². The second-order valence-corrected chi connectivity index (χ2v) is 6.95. The topological polar surface area (TPSA) is 90.5 Å². The normalized spacial score (nSPS) is 11.1. The van der Waals surface area contributed by atoms with Crippen molar-refractivity contribution in [2.45, 2.75) is 26.9 Å². The molecular weight excluding hydrogens is 368 g/mol. The molecule has 3 aromatic rings. The van der Waals surface area contributed by atoms with Crippen molar-refractivity contribution in [2.75, 3.05) is 0 Å². The minimum atomic E-state index is -1.20. The van der Waals surface area contributed by atoms with E-state index in [2.05, 4.69) is 4.98 Å². The monoisotopic (exact) mass is 390 g/mol. The molecule has 1 aromatic heterocycles. The highest BCUT2D eigenvalue weighted by Crippen LogP contribution is 2.20. The van der Waals surface area contributed by atoms with Crippen LogP contribution in [0.5, 0.6) is 0 Å². The van der Waals surface area contributed by atoms with E-state index in [1.807, 2.05) is 56.3 Å². The van der Waals surface area contributed by atoms with Crippen LogP contribution in [0.15, 0.2) is 65.5 Å². The Bertz CT molecular complexity index is 1150. The lowest BCUT2D eigenvalue weighted by Gasteiger charge is -2.21. The highest BCUT2D eigenvalue weighted by Gasteiger charge is 2.16. The first-order valence-corrected chi connectivity index (χ1v) is 9.21. The van der Waals surface area contributed by atoms with E-state index in [0.717, 1.165) is 39.7 Å². The molecule has 0 aliphatic heterocycles. The summed E-state index contributed by atoms with van der Waals surface area (Å²) in [6, 6.07) is 15.0. The molecule has 1 heterocycles. The molecule has 3 rings (SSSR count). The lowest BCUT2D eigenvalue weighted by atomic mass is 10.0. The van der Waals surface area contributed by atoms with Gasteiger partial charge in [0, 0.05) is 24.3 Å². The average molecular weight is 390 g/mol. The second-order valence-electron chi connectivity index (χ2n) is 6.95. The molecule has 148 valence electrons. The van der Waals surface area contributed by atoms with Gasteiger partial charge in [-0.15, -0.1) is 0 Å². The Hall–Kier alpha value is -3.67. The maximum atomic E-state index is 12.7. The molecule has 0 unspecified atom stereocenters. The molecule has 0 aliphatic carbocycles. The fraction of sp³-hybridized carbons (Fsp3) is 0.174. The number of aliphatic carboxylic acids is 1. The van der Waals surface area contributed by atoms with Crippen molar-refractivity contribution in [1.82, 2.24) is 9.88 Å². The van der Waals surface area contributed by atoms with Gasteiger partial charge in [-0.3, -0.25) is 9.59 Å². The van der Waals surface area contributed by atoms with Crippen molar-refractivity contribution in [3.63, 3.8) is 0 Å². The molecule has 0 saturated heterocycles. The zero-order valence-electron chi connectivity index (χ0n) is 16.3. The number of aromatic nitrogens is 1. The van der Waals surface area contributed by atoms with Gasteiger partial charge in [-0.2, -0.15) is 0 Å². The van der Waals surface area contributed by atoms with Crippen molar-refractivity contribution in [1.29, 1.82) is 0 Å². The van der Waals surface area contributed by atoms with Crippen molar-refractivity contribution in [2.24, 2.45) is 0 Å². The predicted octanol–water partition coefficient (Wildman–Crippen LogP) is 3.31. The maximum absolute atomic E-state index is 12.7. The summed E-state index contributed by atoms with van der Waals surface area (Å²) < 4.78 is 0. The van der Waals surface area contributed by atoms with Gasteiger partial charge in [-0.05, 0) is 42.0 Å². The first-order chi connectivity index (χ1) is 13.8. The number of aryl methyl sites for hydroxylation is 2. The summed E-state index contributed by atoms with van der Waals surface area (Å²) in [6.45, 7) is 4.26. The standard InChI is InChI=1S/C23H22N2O4/c1-15-8-9-18-12-19(23(29)24-22(18)16(15)2)14-25(20(26)10-11-21(27)28)13-17-6-4-3-5-7-17/h3-12H,13-14H2,1-2H3,(H,24,29)(H,27,28). The molecule has 0 saturated carbocycles. The number of aromatic amines is 1. The highest BCUT2D eigenvalue weighted by molar-refractivity contribution is 5.94. The summed E-state index contributed by atoms with van der Waals surface area (Å²) in [6.07, 6.45) is 1.81. The van der Waals surface area contributed by atoms with E-state index in [4.69, 9.17) is 5.11 Å². The van der Waals surface area contributed by atoms with Crippen molar-refractivity contribution < 1.29 is 14.7 Å². The van der Waals surface area contributed by atoms with Gasteiger partial charge in [-0.25, -0.2) is 4.79 Å². The number of amides is 1. The average Bonchev–Trinajstić information content (AvgIpc) is 2.70. The van der Waals surface area contributed by atoms with Crippen LogP contribution in [0.2, 0.25) is 0 Å². The largest absolute Gasteiger partial charge is 0.478 e. The smallest absolute Gasteiger partial charge is 0.328 e. The number of hydrogen-bond acceptors (Lipinski definition) is 3.